The fourth-order valence-electron chi connectivity index (χ4n) is 4.76. The molecule has 0 N–H and O–H groups in total. The molecule has 2 bridgehead atoms. The summed E-state index contributed by atoms with van der Waals surface area (Å²) in [5.74, 6) is 1.74. The summed E-state index contributed by atoms with van der Waals surface area (Å²) in [4.78, 5) is 20.3. The number of likely N-dealkylation sites (tertiary alicyclic amines) is 1. The Morgan fingerprint density at radius 1 is 1.17 bits per heavy atom. The summed E-state index contributed by atoms with van der Waals surface area (Å²) < 4.78 is 1.23. The Bertz CT molecular complexity index is 778. The molecule has 1 aliphatic heterocycles. The molecular weight excluding hydrogens is 316 g/mol. The van der Waals surface area contributed by atoms with Crippen molar-refractivity contribution in [3.63, 3.8) is 0 Å². The Balaban J connectivity index is 1.45. The number of para-hydroxylation sites is 1. The van der Waals surface area contributed by atoms with Crippen LogP contribution in [0.3, 0.4) is 0 Å². The zero-order valence-electron chi connectivity index (χ0n) is 13.7. The van der Waals surface area contributed by atoms with Crippen LogP contribution in [0, 0.1) is 17.8 Å². The van der Waals surface area contributed by atoms with Gasteiger partial charge < -0.3 is 4.90 Å². The average molecular weight is 338 g/mol. The summed E-state index contributed by atoms with van der Waals surface area (Å²) in [5.41, 5.74) is 1.07. The highest BCUT2D eigenvalue weighted by Crippen LogP contribution is 2.46. The third-order valence-corrected chi connectivity index (χ3v) is 7.12. The Hall–Kier alpha value is -1.68. The molecule has 2 heterocycles. The molecule has 124 valence electrons. The van der Waals surface area contributed by atoms with Crippen LogP contribution in [-0.2, 0) is 4.79 Å². The van der Waals surface area contributed by atoms with Crippen molar-refractivity contribution in [3.05, 3.63) is 41.4 Å². The van der Waals surface area contributed by atoms with E-state index in [1.54, 1.807) is 11.3 Å². The van der Waals surface area contributed by atoms with E-state index in [4.69, 9.17) is 4.98 Å². The van der Waals surface area contributed by atoms with Crippen LogP contribution in [-0.4, -0.2) is 22.3 Å². The SMILES string of the molecule is O=C([C@@H]1C[C@H]2C=C[C@H]1C2)N1CCCC[C@H]1c1nc2ccccc2s1. The van der Waals surface area contributed by atoms with Crippen molar-refractivity contribution >= 4 is 27.5 Å². The highest BCUT2D eigenvalue weighted by Gasteiger charge is 2.43. The van der Waals surface area contributed by atoms with Crippen LogP contribution in [0.5, 0.6) is 0 Å². The molecule has 2 aromatic rings. The third-order valence-electron chi connectivity index (χ3n) is 5.98. The number of amides is 1. The number of carbonyl (C=O) groups excluding carboxylic acids is 1. The van der Waals surface area contributed by atoms with Gasteiger partial charge in [-0.2, -0.15) is 0 Å². The largest absolute Gasteiger partial charge is 0.333 e. The van der Waals surface area contributed by atoms with E-state index in [-0.39, 0.29) is 12.0 Å². The van der Waals surface area contributed by atoms with Crippen LogP contribution >= 0.6 is 11.3 Å². The maximum Gasteiger partial charge on any atom is 0.226 e. The summed E-state index contributed by atoms with van der Waals surface area (Å²) in [6, 6.07) is 8.50. The first-order valence-electron chi connectivity index (χ1n) is 9.14. The average Bonchev–Trinajstić information content (AvgIpc) is 3.35. The molecule has 0 radical (unpaired) electrons. The lowest BCUT2D eigenvalue weighted by Gasteiger charge is -2.37. The maximum atomic E-state index is 13.3. The highest BCUT2D eigenvalue weighted by molar-refractivity contribution is 7.18. The molecule has 0 unspecified atom stereocenters. The molecular formula is C20H22N2OS. The van der Waals surface area contributed by atoms with E-state index in [9.17, 15) is 4.79 Å². The molecule has 2 fully saturated rings. The molecule has 1 saturated carbocycles. The number of thiazole rings is 1. The fraction of sp³-hybridized carbons (Fsp3) is 0.500. The number of rotatable bonds is 2. The van der Waals surface area contributed by atoms with Gasteiger partial charge in [-0.05, 0) is 56.1 Å². The molecule has 3 aliphatic rings. The second kappa shape index (κ2) is 5.69. The van der Waals surface area contributed by atoms with Crippen molar-refractivity contribution in [1.82, 2.24) is 9.88 Å². The van der Waals surface area contributed by atoms with E-state index >= 15 is 0 Å². The van der Waals surface area contributed by atoms with Crippen molar-refractivity contribution in [2.24, 2.45) is 17.8 Å². The van der Waals surface area contributed by atoms with Crippen LogP contribution in [0.15, 0.2) is 36.4 Å². The maximum absolute atomic E-state index is 13.3. The molecule has 4 atom stereocenters. The summed E-state index contributed by atoms with van der Waals surface area (Å²) in [5, 5.41) is 1.13. The lowest BCUT2D eigenvalue weighted by Crippen LogP contribution is -2.42. The summed E-state index contributed by atoms with van der Waals surface area (Å²) in [6.07, 6.45) is 10.2. The standard InChI is InChI=1S/C20H22N2OS/c23-20(15-12-13-8-9-14(15)11-13)22-10-4-3-6-17(22)19-21-16-5-1-2-7-18(16)24-19/h1-2,5,7-9,13-15,17H,3-4,6,10-12H2/t13-,14-,15+,17-/m0/s1. The predicted octanol–water partition coefficient (Wildman–Crippen LogP) is 4.56. The van der Waals surface area contributed by atoms with Gasteiger partial charge in [0.1, 0.15) is 5.01 Å². The van der Waals surface area contributed by atoms with Gasteiger partial charge in [-0.15, -0.1) is 11.3 Å². The minimum Gasteiger partial charge on any atom is -0.333 e. The van der Waals surface area contributed by atoms with Gasteiger partial charge in [0.05, 0.1) is 16.3 Å². The van der Waals surface area contributed by atoms with E-state index in [1.165, 1.54) is 17.5 Å². The van der Waals surface area contributed by atoms with Gasteiger partial charge in [0.2, 0.25) is 5.91 Å². The monoisotopic (exact) mass is 338 g/mol. The molecule has 1 aromatic carbocycles. The van der Waals surface area contributed by atoms with Crippen molar-refractivity contribution in [3.8, 4) is 0 Å². The number of hydrogen-bond acceptors (Lipinski definition) is 3. The number of benzene rings is 1. The zero-order chi connectivity index (χ0) is 16.1. The van der Waals surface area contributed by atoms with Gasteiger partial charge in [-0.25, -0.2) is 4.98 Å². The Morgan fingerprint density at radius 2 is 2.08 bits per heavy atom. The van der Waals surface area contributed by atoms with Crippen molar-refractivity contribution < 1.29 is 4.79 Å². The molecule has 1 amide bonds. The molecule has 5 rings (SSSR count). The van der Waals surface area contributed by atoms with E-state index < -0.39 is 0 Å². The van der Waals surface area contributed by atoms with E-state index in [2.05, 4.69) is 35.3 Å². The van der Waals surface area contributed by atoms with Gasteiger partial charge >= 0.3 is 0 Å². The first kappa shape index (κ1) is 14.6. The van der Waals surface area contributed by atoms with Crippen LogP contribution in [0.1, 0.15) is 43.2 Å². The Kier molecular flexibility index (Phi) is 3.47. The molecule has 1 saturated heterocycles. The topological polar surface area (TPSA) is 33.2 Å². The summed E-state index contributed by atoms with van der Waals surface area (Å²) in [7, 11) is 0. The predicted molar refractivity (Wildman–Crippen MR) is 96.8 cm³/mol. The smallest absolute Gasteiger partial charge is 0.226 e. The number of hydrogen-bond donors (Lipinski definition) is 0. The molecule has 4 heteroatoms. The minimum atomic E-state index is 0.187. The minimum absolute atomic E-state index is 0.187. The second-order valence-electron chi connectivity index (χ2n) is 7.45. The van der Waals surface area contributed by atoms with Gasteiger partial charge in [0.25, 0.3) is 0 Å². The van der Waals surface area contributed by atoms with E-state index in [0.29, 0.717) is 17.7 Å². The van der Waals surface area contributed by atoms with Gasteiger partial charge in [0.15, 0.2) is 0 Å². The second-order valence-corrected chi connectivity index (χ2v) is 8.51. The van der Waals surface area contributed by atoms with Gasteiger partial charge in [-0.3, -0.25) is 4.79 Å². The van der Waals surface area contributed by atoms with Gasteiger partial charge in [0, 0.05) is 12.5 Å². The summed E-state index contributed by atoms with van der Waals surface area (Å²) >= 11 is 1.76. The number of nitrogens with zero attached hydrogens (tertiary/aromatic N) is 2. The Morgan fingerprint density at radius 3 is 2.88 bits per heavy atom. The number of aromatic nitrogens is 1. The van der Waals surface area contributed by atoms with Crippen LogP contribution in [0.4, 0.5) is 0 Å². The first-order chi connectivity index (χ1) is 11.8. The van der Waals surface area contributed by atoms with Crippen LogP contribution < -0.4 is 0 Å². The molecule has 1 aromatic heterocycles. The normalized spacial score (nSPS) is 31.9. The Labute approximate surface area is 146 Å². The first-order valence-corrected chi connectivity index (χ1v) is 9.95. The van der Waals surface area contributed by atoms with E-state index in [1.807, 2.05) is 6.07 Å². The third kappa shape index (κ3) is 2.31. The summed E-state index contributed by atoms with van der Waals surface area (Å²) in [6.45, 7) is 0.900. The number of fused-ring (bicyclic) bond motifs is 3. The molecule has 3 nitrogen and oxygen atoms in total. The van der Waals surface area contributed by atoms with Crippen LogP contribution in [0.2, 0.25) is 0 Å². The number of carbonyl (C=O) groups is 1. The highest BCUT2D eigenvalue weighted by atomic mass is 32.1. The van der Waals surface area contributed by atoms with Gasteiger partial charge in [-0.1, -0.05) is 24.3 Å². The molecule has 2 aliphatic carbocycles. The lowest BCUT2D eigenvalue weighted by atomic mass is 9.90. The number of allylic oxidation sites excluding steroid dienone is 2. The lowest BCUT2D eigenvalue weighted by molar-refractivity contribution is -0.140. The quantitative estimate of drug-likeness (QED) is 0.752. The van der Waals surface area contributed by atoms with Crippen molar-refractivity contribution in [2.45, 2.75) is 38.1 Å². The fourth-order valence-corrected chi connectivity index (χ4v) is 5.88. The zero-order valence-corrected chi connectivity index (χ0v) is 14.5. The van der Waals surface area contributed by atoms with E-state index in [0.717, 1.165) is 36.3 Å². The molecule has 24 heavy (non-hydrogen) atoms. The molecule has 0 spiro atoms. The van der Waals surface area contributed by atoms with Crippen molar-refractivity contribution in [1.29, 1.82) is 0 Å². The van der Waals surface area contributed by atoms with Crippen molar-refractivity contribution in [2.75, 3.05) is 6.54 Å². The number of piperidine rings is 1. The van der Waals surface area contributed by atoms with Crippen LogP contribution in [0.25, 0.3) is 10.2 Å².